The highest BCUT2D eigenvalue weighted by Crippen LogP contribution is 2.40. The molecular weight excluding hydrogens is 456 g/mol. The third-order valence-corrected chi connectivity index (χ3v) is 8.74. The second-order valence-electron chi connectivity index (χ2n) is 9.98. The zero-order valence-corrected chi connectivity index (χ0v) is 21.5. The molecule has 0 bridgehead atoms. The van der Waals surface area contributed by atoms with Crippen LogP contribution in [0.25, 0.3) is 0 Å². The molecule has 0 aromatic heterocycles. The fourth-order valence-electron chi connectivity index (χ4n) is 5.15. The largest absolute Gasteiger partial charge is 0.354 e. The van der Waals surface area contributed by atoms with Crippen LogP contribution in [-0.4, -0.2) is 71.6 Å². The quantitative estimate of drug-likeness (QED) is 0.430. The Morgan fingerprint density at radius 3 is 2.34 bits per heavy atom. The number of aliphatic imine (C=N–C) groups is 1. The van der Waals surface area contributed by atoms with Crippen LogP contribution >= 0.6 is 11.8 Å². The minimum Gasteiger partial charge on any atom is -0.354 e. The summed E-state index contributed by atoms with van der Waals surface area (Å²) in [6.07, 6.45) is 2.94. The molecule has 2 fully saturated rings. The maximum atomic E-state index is 12.6. The van der Waals surface area contributed by atoms with Crippen molar-refractivity contribution in [2.45, 2.75) is 49.3 Å². The first-order chi connectivity index (χ1) is 17.0. The molecule has 2 saturated heterocycles. The van der Waals surface area contributed by atoms with E-state index in [1.54, 1.807) is 11.8 Å². The van der Waals surface area contributed by atoms with E-state index in [9.17, 15) is 9.59 Å². The van der Waals surface area contributed by atoms with Gasteiger partial charge < -0.3 is 4.90 Å². The highest BCUT2D eigenvalue weighted by Gasteiger charge is 2.46. The Labute approximate surface area is 212 Å². The van der Waals surface area contributed by atoms with Gasteiger partial charge in [-0.25, -0.2) is 4.99 Å². The van der Waals surface area contributed by atoms with Crippen molar-refractivity contribution in [3.8, 4) is 0 Å². The molecule has 3 heterocycles. The van der Waals surface area contributed by atoms with Gasteiger partial charge in [0.05, 0.1) is 11.1 Å². The van der Waals surface area contributed by atoms with Gasteiger partial charge in [0.1, 0.15) is 5.84 Å². The number of nitrogens with zero attached hydrogens (tertiary/aromatic N) is 4. The number of piperazine rings is 1. The zero-order valence-electron chi connectivity index (χ0n) is 20.7. The smallest absolute Gasteiger partial charge is 0.235 e. The number of amides is 2. The molecule has 0 N–H and O–H groups in total. The number of likely N-dealkylation sites (tertiary alicyclic amines) is 1. The van der Waals surface area contributed by atoms with Crippen molar-refractivity contribution in [1.29, 1.82) is 0 Å². The van der Waals surface area contributed by atoms with Crippen molar-refractivity contribution in [2.24, 2.45) is 10.4 Å². The number of hydrogen-bond acceptors (Lipinski definition) is 6. The standard InChI is InChI=1S/C28H34N4O2S/c1-3-28(2)20-25(33)32(27(28)34)15-9-8-14-30-16-18-31(19-17-30)26-21-10-4-6-12-23(21)35-24-13-7-5-11-22(24)29-26/h4-7,10-13H,3,8-9,14-20H2,1-2H3. The Balaban J connectivity index is 1.16. The number of carbonyl (C=O) groups is 2. The molecule has 184 valence electrons. The van der Waals surface area contributed by atoms with Crippen LogP contribution in [0.15, 0.2) is 63.3 Å². The summed E-state index contributed by atoms with van der Waals surface area (Å²) in [5, 5.41) is 0. The molecule has 5 rings (SSSR count). The van der Waals surface area contributed by atoms with Crippen LogP contribution in [0.4, 0.5) is 5.69 Å². The molecule has 0 aliphatic carbocycles. The van der Waals surface area contributed by atoms with Gasteiger partial charge in [0, 0.05) is 54.5 Å². The Bertz CT molecular complexity index is 1140. The maximum absolute atomic E-state index is 12.6. The van der Waals surface area contributed by atoms with Gasteiger partial charge in [0.15, 0.2) is 0 Å². The van der Waals surface area contributed by atoms with Crippen molar-refractivity contribution in [3.05, 3.63) is 54.1 Å². The second kappa shape index (κ2) is 10.2. The number of fused-ring (bicyclic) bond motifs is 2. The Morgan fingerprint density at radius 2 is 1.60 bits per heavy atom. The molecule has 35 heavy (non-hydrogen) atoms. The Hall–Kier alpha value is -2.64. The van der Waals surface area contributed by atoms with Crippen molar-refractivity contribution in [1.82, 2.24) is 14.7 Å². The first kappa shape index (κ1) is 24.1. The Morgan fingerprint density at radius 1 is 0.914 bits per heavy atom. The number of imide groups is 1. The minimum absolute atomic E-state index is 0.00263. The summed E-state index contributed by atoms with van der Waals surface area (Å²) >= 11 is 1.79. The van der Waals surface area contributed by atoms with E-state index in [0.29, 0.717) is 13.0 Å². The summed E-state index contributed by atoms with van der Waals surface area (Å²) in [5.41, 5.74) is 1.75. The number of benzene rings is 2. The van der Waals surface area contributed by atoms with Gasteiger partial charge in [-0.2, -0.15) is 0 Å². The fraction of sp³-hybridized carbons (Fsp3) is 0.464. The number of carbonyl (C=O) groups excluding carboxylic acids is 2. The molecule has 2 aromatic rings. The van der Waals surface area contributed by atoms with Gasteiger partial charge in [-0.15, -0.1) is 0 Å². The van der Waals surface area contributed by atoms with Crippen molar-refractivity contribution in [2.75, 3.05) is 39.3 Å². The summed E-state index contributed by atoms with van der Waals surface area (Å²) in [6, 6.07) is 16.9. The molecule has 0 spiro atoms. The fourth-order valence-corrected chi connectivity index (χ4v) is 6.16. The van der Waals surface area contributed by atoms with E-state index in [1.807, 2.05) is 13.8 Å². The van der Waals surface area contributed by atoms with Gasteiger partial charge >= 0.3 is 0 Å². The van der Waals surface area contributed by atoms with Crippen LogP contribution < -0.4 is 0 Å². The molecule has 1 atom stereocenters. The lowest BCUT2D eigenvalue weighted by Crippen LogP contribution is -2.49. The molecule has 3 aliphatic heterocycles. The normalized spacial score (nSPS) is 22.6. The molecular formula is C28H34N4O2S. The van der Waals surface area contributed by atoms with Gasteiger partial charge in [0.25, 0.3) is 0 Å². The number of rotatable bonds is 6. The van der Waals surface area contributed by atoms with Gasteiger partial charge in [-0.3, -0.25) is 19.4 Å². The van der Waals surface area contributed by atoms with Crippen LogP contribution in [-0.2, 0) is 9.59 Å². The van der Waals surface area contributed by atoms with E-state index in [-0.39, 0.29) is 11.8 Å². The minimum atomic E-state index is -0.494. The lowest BCUT2D eigenvalue weighted by molar-refractivity contribution is -0.141. The number of unbranched alkanes of at least 4 members (excludes halogenated alkanes) is 1. The van der Waals surface area contributed by atoms with Crippen molar-refractivity contribution < 1.29 is 9.59 Å². The van der Waals surface area contributed by atoms with Crippen molar-refractivity contribution >= 4 is 35.1 Å². The summed E-state index contributed by atoms with van der Waals surface area (Å²) < 4.78 is 0. The highest BCUT2D eigenvalue weighted by atomic mass is 32.2. The monoisotopic (exact) mass is 490 g/mol. The van der Waals surface area contributed by atoms with Gasteiger partial charge in [-0.05, 0) is 44.0 Å². The third kappa shape index (κ3) is 4.89. The number of amidine groups is 1. The van der Waals surface area contributed by atoms with E-state index >= 15 is 0 Å². The number of hydrogen-bond donors (Lipinski definition) is 0. The average molecular weight is 491 g/mol. The molecule has 2 amide bonds. The lowest BCUT2D eigenvalue weighted by atomic mass is 9.86. The number of para-hydroxylation sites is 1. The van der Waals surface area contributed by atoms with Gasteiger partial charge in [0.2, 0.25) is 11.8 Å². The lowest BCUT2D eigenvalue weighted by Gasteiger charge is -2.36. The first-order valence-corrected chi connectivity index (χ1v) is 13.6. The predicted molar refractivity (Wildman–Crippen MR) is 140 cm³/mol. The first-order valence-electron chi connectivity index (χ1n) is 12.8. The highest BCUT2D eigenvalue weighted by molar-refractivity contribution is 7.99. The van der Waals surface area contributed by atoms with E-state index in [0.717, 1.165) is 63.5 Å². The molecule has 0 saturated carbocycles. The van der Waals surface area contributed by atoms with Crippen LogP contribution in [0, 0.1) is 5.41 Å². The zero-order chi connectivity index (χ0) is 24.4. The van der Waals surface area contributed by atoms with E-state index in [1.165, 1.54) is 20.3 Å². The van der Waals surface area contributed by atoms with Crippen LogP contribution in [0.3, 0.4) is 0 Å². The van der Waals surface area contributed by atoms with E-state index in [4.69, 9.17) is 4.99 Å². The van der Waals surface area contributed by atoms with Crippen LogP contribution in [0.5, 0.6) is 0 Å². The summed E-state index contributed by atoms with van der Waals surface area (Å²) in [5.74, 6) is 1.09. The van der Waals surface area contributed by atoms with E-state index in [2.05, 4.69) is 58.3 Å². The molecule has 2 aromatic carbocycles. The van der Waals surface area contributed by atoms with Crippen LogP contribution in [0.2, 0.25) is 0 Å². The predicted octanol–water partition coefficient (Wildman–Crippen LogP) is 4.80. The van der Waals surface area contributed by atoms with E-state index < -0.39 is 5.41 Å². The maximum Gasteiger partial charge on any atom is 0.235 e. The third-order valence-electron chi connectivity index (χ3n) is 7.60. The van der Waals surface area contributed by atoms with Gasteiger partial charge in [-0.1, -0.05) is 55.9 Å². The summed E-state index contributed by atoms with van der Waals surface area (Å²) in [4.78, 5) is 38.9. The average Bonchev–Trinajstić information content (AvgIpc) is 3.01. The van der Waals surface area contributed by atoms with Crippen molar-refractivity contribution in [3.63, 3.8) is 0 Å². The summed E-state index contributed by atoms with van der Waals surface area (Å²) in [6.45, 7) is 9.33. The molecule has 3 aliphatic rings. The molecule has 1 unspecified atom stereocenters. The molecule has 7 heteroatoms. The topological polar surface area (TPSA) is 56.2 Å². The summed E-state index contributed by atoms with van der Waals surface area (Å²) in [7, 11) is 0. The molecule has 0 radical (unpaired) electrons. The molecule has 6 nitrogen and oxygen atoms in total. The Kier molecular flexibility index (Phi) is 6.98. The second-order valence-corrected chi connectivity index (χ2v) is 11.1. The van der Waals surface area contributed by atoms with Crippen LogP contribution in [0.1, 0.15) is 45.1 Å². The SMILES string of the molecule is CCC1(C)CC(=O)N(CCCCN2CCN(C3=Nc4ccccc4Sc4ccccc43)CC2)C1=O.